The quantitative estimate of drug-likeness (QED) is 0.183. The number of carbonyl (C=O) groups excluding carboxylic acids is 3. The molecule has 1 aromatic rings. The standard InChI is InChI=1S/C21H28N4O8/c26-11-16(25-18(29)13-7-4-8-22-13)20(31)23-14(10-17(27)28)19(30)24-15(21(32)33)9-12-5-2-1-3-6-12/h1-3,5-6,13-16,22,26H,4,7-11H2,(H,23,31)(H,24,30)(H,25,29)(H,27,28)(H,32,33). The van der Waals surface area contributed by atoms with Gasteiger partial charge in [-0.25, -0.2) is 4.79 Å². The zero-order valence-electron chi connectivity index (χ0n) is 17.8. The molecule has 7 N–H and O–H groups in total. The van der Waals surface area contributed by atoms with Crippen LogP contribution in [0, 0.1) is 0 Å². The van der Waals surface area contributed by atoms with Gasteiger partial charge in [0.1, 0.15) is 18.1 Å². The van der Waals surface area contributed by atoms with Crippen LogP contribution >= 0.6 is 0 Å². The van der Waals surface area contributed by atoms with Gasteiger partial charge < -0.3 is 36.6 Å². The number of carboxylic acids is 2. The van der Waals surface area contributed by atoms with E-state index in [1.54, 1.807) is 30.3 Å². The Morgan fingerprint density at radius 3 is 2.12 bits per heavy atom. The number of hydrogen-bond donors (Lipinski definition) is 7. The molecule has 0 bridgehead atoms. The summed E-state index contributed by atoms with van der Waals surface area (Å²) in [7, 11) is 0. The minimum Gasteiger partial charge on any atom is -0.481 e. The molecule has 1 aromatic carbocycles. The van der Waals surface area contributed by atoms with Gasteiger partial charge in [-0.1, -0.05) is 30.3 Å². The maximum absolute atomic E-state index is 12.6. The number of carbonyl (C=O) groups is 5. The summed E-state index contributed by atoms with van der Waals surface area (Å²) in [4.78, 5) is 60.2. The summed E-state index contributed by atoms with van der Waals surface area (Å²) in [6.45, 7) is -0.139. The Morgan fingerprint density at radius 2 is 1.58 bits per heavy atom. The number of aliphatic carboxylic acids is 2. The number of aliphatic hydroxyl groups is 1. The van der Waals surface area contributed by atoms with Gasteiger partial charge in [0.05, 0.1) is 19.1 Å². The van der Waals surface area contributed by atoms with E-state index >= 15 is 0 Å². The van der Waals surface area contributed by atoms with E-state index in [1.165, 1.54) is 0 Å². The van der Waals surface area contributed by atoms with Gasteiger partial charge in [0.2, 0.25) is 17.7 Å². The predicted molar refractivity (Wildman–Crippen MR) is 114 cm³/mol. The zero-order chi connectivity index (χ0) is 24.4. The molecule has 0 aliphatic carbocycles. The Hall–Kier alpha value is -3.51. The first-order valence-electron chi connectivity index (χ1n) is 10.4. The molecule has 4 unspecified atom stereocenters. The third kappa shape index (κ3) is 8.16. The summed E-state index contributed by atoms with van der Waals surface area (Å²) in [5.74, 6) is -5.24. The van der Waals surface area contributed by atoms with Crippen LogP contribution in [0.3, 0.4) is 0 Å². The minimum atomic E-state index is -1.62. The van der Waals surface area contributed by atoms with Crippen molar-refractivity contribution in [1.82, 2.24) is 21.3 Å². The summed E-state index contributed by atoms with van der Waals surface area (Å²) in [6.07, 6.45) is 0.460. The SMILES string of the molecule is O=C(O)CC(NC(=O)C(CO)NC(=O)C1CCCN1)C(=O)NC(Cc1ccccc1)C(=O)O. The van der Waals surface area contributed by atoms with Crippen LogP contribution in [0.2, 0.25) is 0 Å². The lowest BCUT2D eigenvalue weighted by Crippen LogP contribution is -2.58. The number of benzene rings is 1. The summed E-state index contributed by atoms with van der Waals surface area (Å²) >= 11 is 0. The van der Waals surface area contributed by atoms with E-state index in [1.807, 2.05) is 0 Å². The van der Waals surface area contributed by atoms with Crippen molar-refractivity contribution in [3.63, 3.8) is 0 Å². The fourth-order valence-electron chi connectivity index (χ4n) is 3.35. The molecule has 4 atom stereocenters. The first-order valence-corrected chi connectivity index (χ1v) is 10.4. The van der Waals surface area contributed by atoms with Gasteiger partial charge in [-0.3, -0.25) is 19.2 Å². The van der Waals surface area contributed by atoms with E-state index in [9.17, 15) is 34.2 Å². The average Bonchev–Trinajstić information content (AvgIpc) is 3.31. The lowest BCUT2D eigenvalue weighted by molar-refractivity contribution is -0.143. The highest BCUT2D eigenvalue weighted by Gasteiger charge is 2.32. The highest BCUT2D eigenvalue weighted by Crippen LogP contribution is 2.06. The molecule has 1 aliphatic rings. The molecule has 180 valence electrons. The first-order chi connectivity index (χ1) is 15.7. The summed E-state index contributed by atoms with van der Waals surface area (Å²) < 4.78 is 0. The van der Waals surface area contributed by atoms with Crippen molar-refractivity contribution < 1.29 is 39.3 Å². The second-order valence-corrected chi connectivity index (χ2v) is 7.64. The van der Waals surface area contributed by atoms with Crippen molar-refractivity contribution in [2.75, 3.05) is 13.2 Å². The number of aliphatic hydroxyl groups excluding tert-OH is 1. The number of nitrogens with one attached hydrogen (secondary N) is 4. The summed E-state index contributed by atoms with van der Waals surface area (Å²) in [6, 6.07) is 3.58. The van der Waals surface area contributed by atoms with Gasteiger partial charge in [0, 0.05) is 6.42 Å². The van der Waals surface area contributed by atoms with Gasteiger partial charge in [-0.15, -0.1) is 0 Å². The van der Waals surface area contributed by atoms with Gasteiger partial charge in [0.25, 0.3) is 0 Å². The van der Waals surface area contributed by atoms with E-state index in [0.29, 0.717) is 18.5 Å². The topological polar surface area (TPSA) is 194 Å². The van der Waals surface area contributed by atoms with Crippen LogP contribution in [0.5, 0.6) is 0 Å². The molecule has 0 radical (unpaired) electrons. The maximum atomic E-state index is 12.6. The Morgan fingerprint density at radius 1 is 0.939 bits per heavy atom. The van der Waals surface area contributed by atoms with Crippen molar-refractivity contribution >= 4 is 29.7 Å². The lowest BCUT2D eigenvalue weighted by Gasteiger charge is -2.23. The van der Waals surface area contributed by atoms with Crippen LogP contribution in [0.15, 0.2) is 30.3 Å². The van der Waals surface area contributed by atoms with Crippen LogP contribution in [-0.4, -0.2) is 82.3 Å². The average molecular weight is 464 g/mol. The third-order valence-electron chi connectivity index (χ3n) is 5.10. The number of amides is 3. The van der Waals surface area contributed by atoms with Crippen LogP contribution in [0.1, 0.15) is 24.8 Å². The molecular weight excluding hydrogens is 436 g/mol. The monoisotopic (exact) mass is 464 g/mol. The fourth-order valence-corrected chi connectivity index (χ4v) is 3.35. The molecule has 3 amide bonds. The van der Waals surface area contributed by atoms with Crippen molar-refractivity contribution in [2.45, 2.75) is 49.9 Å². The van der Waals surface area contributed by atoms with Gasteiger partial charge in [0.15, 0.2) is 0 Å². The molecule has 1 fully saturated rings. The molecule has 1 saturated heterocycles. The largest absolute Gasteiger partial charge is 0.481 e. The molecule has 0 aromatic heterocycles. The van der Waals surface area contributed by atoms with Crippen LogP contribution < -0.4 is 21.3 Å². The lowest BCUT2D eigenvalue weighted by atomic mass is 10.0. The zero-order valence-corrected chi connectivity index (χ0v) is 17.8. The molecular formula is C21H28N4O8. The molecule has 0 saturated carbocycles. The summed E-state index contributed by atoms with van der Waals surface area (Å²) in [5, 5.41) is 37.8. The van der Waals surface area contributed by atoms with Crippen molar-refractivity contribution in [2.24, 2.45) is 0 Å². The van der Waals surface area contributed by atoms with Crippen molar-refractivity contribution in [3.8, 4) is 0 Å². The van der Waals surface area contributed by atoms with Crippen LogP contribution in [0.4, 0.5) is 0 Å². The molecule has 1 heterocycles. The van der Waals surface area contributed by atoms with Crippen molar-refractivity contribution in [3.05, 3.63) is 35.9 Å². The molecule has 2 rings (SSSR count). The molecule has 1 aliphatic heterocycles. The minimum absolute atomic E-state index is 0.0562. The van der Waals surface area contributed by atoms with E-state index in [0.717, 1.165) is 6.42 Å². The molecule has 12 nitrogen and oxygen atoms in total. The smallest absolute Gasteiger partial charge is 0.326 e. The van der Waals surface area contributed by atoms with Gasteiger partial charge in [-0.2, -0.15) is 0 Å². The number of hydrogen-bond acceptors (Lipinski definition) is 7. The normalized spacial score (nSPS) is 17.9. The van der Waals surface area contributed by atoms with Gasteiger partial charge in [-0.05, 0) is 24.9 Å². The highest BCUT2D eigenvalue weighted by molar-refractivity contribution is 5.95. The molecule has 0 spiro atoms. The Kier molecular flexibility index (Phi) is 9.76. The molecule has 33 heavy (non-hydrogen) atoms. The van der Waals surface area contributed by atoms with E-state index in [-0.39, 0.29) is 6.42 Å². The van der Waals surface area contributed by atoms with E-state index in [2.05, 4.69) is 21.3 Å². The third-order valence-corrected chi connectivity index (χ3v) is 5.10. The van der Waals surface area contributed by atoms with Crippen LogP contribution in [-0.2, 0) is 30.4 Å². The Bertz CT molecular complexity index is 857. The second-order valence-electron chi connectivity index (χ2n) is 7.64. The van der Waals surface area contributed by atoms with E-state index in [4.69, 9.17) is 5.11 Å². The summed E-state index contributed by atoms with van der Waals surface area (Å²) in [5.41, 5.74) is 0.632. The Labute approximate surface area is 189 Å². The van der Waals surface area contributed by atoms with E-state index < -0.39 is 66.9 Å². The highest BCUT2D eigenvalue weighted by atomic mass is 16.4. The maximum Gasteiger partial charge on any atom is 0.326 e. The van der Waals surface area contributed by atoms with Crippen LogP contribution in [0.25, 0.3) is 0 Å². The van der Waals surface area contributed by atoms with Gasteiger partial charge >= 0.3 is 11.9 Å². The first kappa shape index (κ1) is 25.7. The second kappa shape index (κ2) is 12.5. The number of rotatable bonds is 12. The Balaban J connectivity index is 2.05. The predicted octanol–water partition coefficient (Wildman–Crippen LogP) is -2.01. The fraction of sp³-hybridized carbons (Fsp3) is 0.476. The van der Waals surface area contributed by atoms with Crippen molar-refractivity contribution in [1.29, 1.82) is 0 Å². The number of carboxylic acid groups (broad SMARTS) is 2. The molecule has 12 heteroatoms.